The van der Waals surface area contributed by atoms with Crippen LogP contribution in [0.1, 0.15) is 11.3 Å². The van der Waals surface area contributed by atoms with Gasteiger partial charge in [-0.1, -0.05) is 30.0 Å². The maximum atomic E-state index is 13.1. The van der Waals surface area contributed by atoms with E-state index in [1.165, 1.54) is 12.1 Å². The second kappa shape index (κ2) is 7.09. The van der Waals surface area contributed by atoms with Crippen LogP contribution in [0.2, 0.25) is 0 Å². The van der Waals surface area contributed by atoms with E-state index >= 15 is 0 Å². The van der Waals surface area contributed by atoms with Crippen molar-refractivity contribution in [3.8, 4) is 0 Å². The minimum atomic E-state index is -0.225. The number of hydrogen-bond donors (Lipinski definition) is 0. The Morgan fingerprint density at radius 3 is 2.71 bits per heavy atom. The van der Waals surface area contributed by atoms with Crippen molar-refractivity contribution in [3.63, 3.8) is 0 Å². The Hall–Kier alpha value is -3.19. The molecule has 138 valence electrons. The largest absolute Gasteiger partial charge is 0.307 e. The number of fused-ring (bicyclic) bond motifs is 2. The molecule has 0 bridgehead atoms. The van der Waals surface area contributed by atoms with Crippen LogP contribution in [0.3, 0.4) is 0 Å². The Morgan fingerprint density at radius 1 is 0.964 bits per heavy atom. The third-order valence-electron chi connectivity index (χ3n) is 4.48. The summed E-state index contributed by atoms with van der Waals surface area (Å²) in [6, 6.07) is 16.4. The summed E-state index contributed by atoms with van der Waals surface area (Å²) in [5, 5.41) is 0.870. The number of hydrogen-bond acceptors (Lipinski definition) is 4. The molecule has 0 aliphatic heterocycles. The van der Waals surface area contributed by atoms with Gasteiger partial charge in [0.25, 0.3) is 0 Å². The Kier molecular flexibility index (Phi) is 4.29. The van der Waals surface area contributed by atoms with E-state index in [1.807, 2.05) is 47.1 Å². The standard InChI is InChI=1S/C21H16FN5S/c22-16-8-6-15(7-9-16)14-28-21-25-18-4-3-10-23-20(18)27(21)13-17-12-26-11-2-1-5-19(26)24-17/h1-12H,13-14H2. The molecule has 4 heterocycles. The molecule has 5 nitrogen and oxygen atoms in total. The first-order chi connectivity index (χ1) is 13.8. The fourth-order valence-electron chi connectivity index (χ4n) is 3.14. The van der Waals surface area contributed by atoms with Gasteiger partial charge in [0, 0.05) is 24.3 Å². The van der Waals surface area contributed by atoms with Crippen molar-refractivity contribution in [1.82, 2.24) is 23.9 Å². The monoisotopic (exact) mass is 389 g/mol. The maximum absolute atomic E-state index is 13.1. The van der Waals surface area contributed by atoms with Crippen LogP contribution >= 0.6 is 11.8 Å². The Labute approximate surface area is 164 Å². The molecule has 0 spiro atoms. The minimum Gasteiger partial charge on any atom is -0.307 e. The van der Waals surface area contributed by atoms with Gasteiger partial charge in [0.05, 0.1) is 12.2 Å². The summed E-state index contributed by atoms with van der Waals surface area (Å²) in [7, 11) is 0. The summed E-state index contributed by atoms with van der Waals surface area (Å²) in [5.41, 5.74) is 4.59. The lowest BCUT2D eigenvalue weighted by atomic mass is 10.2. The molecule has 0 unspecified atom stereocenters. The van der Waals surface area contributed by atoms with E-state index in [9.17, 15) is 4.39 Å². The zero-order valence-electron chi connectivity index (χ0n) is 14.9. The molecule has 4 aromatic heterocycles. The SMILES string of the molecule is Fc1ccc(CSc2nc3cccnc3n2Cc2cn3ccccc3n2)cc1. The molecule has 0 saturated heterocycles. The van der Waals surface area contributed by atoms with Crippen molar-refractivity contribution in [1.29, 1.82) is 0 Å². The van der Waals surface area contributed by atoms with E-state index in [-0.39, 0.29) is 5.82 Å². The van der Waals surface area contributed by atoms with Gasteiger partial charge in [-0.3, -0.25) is 4.57 Å². The van der Waals surface area contributed by atoms with Gasteiger partial charge in [-0.15, -0.1) is 0 Å². The molecular weight excluding hydrogens is 373 g/mol. The molecule has 5 aromatic rings. The third-order valence-corrected chi connectivity index (χ3v) is 5.53. The molecule has 0 amide bonds. The second-order valence-electron chi connectivity index (χ2n) is 6.44. The summed E-state index contributed by atoms with van der Waals surface area (Å²) in [6.07, 6.45) is 5.79. The number of pyridine rings is 2. The van der Waals surface area contributed by atoms with Crippen LogP contribution in [-0.2, 0) is 12.3 Å². The quantitative estimate of drug-likeness (QED) is 0.414. The number of thioether (sulfide) groups is 1. The van der Waals surface area contributed by atoms with E-state index in [2.05, 4.69) is 9.55 Å². The summed E-state index contributed by atoms with van der Waals surface area (Å²) in [4.78, 5) is 14.0. The highest BCUT2D eigenvalue weighted by atomic mass is 32.2. The summed E-state index contributed by atoms with van der Waals surface area (Å²) in [5.74, 6) is 0.478. The van der Waals surface area contributed by atoms with Crippen molar-refractivity contribution < 1.29 is 4.39 Å². The molecule has 0 N–H and O–H groups in total. The molecule has 7 heteroatoms. The highest BCUT2D eigenvalue weighted by molar-refractivity contribution is 7.98. The first-order valence-electron chi connectivity index (χ1n) is 8.87. The maximum Gasteiger partial charge on any atom is 0.170 e. The lowest BCUT2D eigenvalue weighted by Crippen LogP contribution is -2.03. The van der Waals surface area contributed by atoms with Crippen LogP contribution in [0.25, 0.3) is 16.8 Å². The fourth-order valence-corrected chi connectivity index (χ4v) is 4.10. The number of halogens is 1. The topological polar surface area (TPSA) is 48.0 Å². The number of imidazole rings is 2. The highest BCUT2D eigenvalue weighted by Gasteiger charge is 2.14. The summed E-state index contributed by atoms with van der Waals surface area (Å²) in [6.45, 7) is 0.584. The van der Waals surface area contributed by atoms with Crippen LogP contribution in [0, 0.1) is 5.82 Å². The van der Waals surface area contributed by atoms with Crippen molar-refractivity contribution >= 4 is 28.6 Å². The molecule has 0 aliphatic carbocycles. The number of benzene rings is 1. The third kappa shape index (κ3) is 3.25. The van der Waals surface area contributed by atoms with Crippen LogP contribution in [0.4, 0.5) is 4.39 Å². The molecule has 0 saturated carbocycles. The Morgan fingerprint density at radius 2 is 1.86 bits per heavy atom. The Bertz CT molecular complexity index is 1230. The fraction of sp³-hybridized carbons (Fsp3) is 0.0952. The van der Waals surface area contributed by atoms with Gasteiger partial charge in [0.2, 0.25) is 0 Å². The molecule has 1 aromatic carbocycles. The van der Waals surface area contributed by atoms with Crippen LogP contribution in [0.15, 0.2) is 78.3 Å². The highest BCUT2D eigenvalue weighted by Crippen LogP contribution is 2.27. The second-order valence-corrected chi connectivity index (χ2v) is 7.38. The lowest BCUT2D eigenvalue weighted by Gasteiger charge is -2.07. The molecule has 0 atom stereocenters. The van der Waals surface area contributed by atoms with Gasteiger partial charge in [-0.25, -0.2) is 19.3 Å². The molecular formula is C21H16FN5S. The van der Waals surface area contributed by atoms with Crippen molar-refractivity contribution in [3.05, 3.63) is 90.3 Å². The molecule has 28 heavy (non-hydrogen) atoms. The number of aromatic nitrogens is 5. The molecule has 0 radical (unpaired) electrons. The normalized spacial score (nSPS) is 11.5. The van der Waals surface area contributed by atoms with Crippen molar-refractivity contribution in [2.24, 2.45) is 0 Å². The number of rotatable bonds is 5. The van der Waals surface area contributed by atoms with Gasteiger partial charge >= 0.3 is 0 Å². The van der Waals surface area contributed by atoms with E-state index in [1.54, 1.807) is 30.1 Å². The zero-order chi connectivity index (χ0) is 18.9. The van der Waals surface area contributed by atoms with Gasteiger partial charge in [0.1, 0.15) is 17.0 Å². The van der Waals surface area contributed by atoms with Gasteiger partial charge in [-0.05, 0) is 42.0 Å². The van der Waals surface area contributed by atoms with E-state index in [4.69, 9.17) is 9.97 Å². The average Bonchev–Trinajstić information content (AvgIpc) is 3.29. The van der Waals surface area contributed by atoms with E-state index < -0.39 is 0 Å². The van der Waals surface area contributed by atoms with Crippen LogP contribution in [0.5, 0.6) is 0 Å². The van der Waals surface area contributed by atoms with Crippen LogP contribution in [-0.4, -0.2) is 23.9 Å². The average molecular weight is 389 g/mol. The summed E-state index contributed by atoms with van der Waals surface area (Å²) >= 11 is 1.61. The minimum absolute atomic E-state index is 0.225. The zero-order valence-corrected chi connectivity index (χ0v) is 15.7. The van der Waals surface area contributed by atoms with Gasteiger partial charge < -0.3 is 4.40 Å². The smallest absolute Gasteiger partial charge is 0.170 e. The first kappa shape index (κ1) is 16.9. The van der Waals surface area contributed by atoms with Crippen LogP contribution < -0.4 is 0 Å². The molecule has 5 rings (SSSR count). The molecule has 0 aliphatic rings. The summed E-state index contributed by atoms with van der Waals surface area (Å²) < 4.78 is 17.2. The first-order valence-corrected chi connectivity index (χ1v) is 9.86. The lowest BCUT2D eigenvalue weighted by molar-refractivity contribution is 0.627. The predicted molar refractivity (Wildman–Crippen MR) is 108 cm³/mol. The van der Waals surface area contributed by atoms with Gasteiger partial charge in [0.15, 0.2) is 10.8 Å². The number of nitrogens with zero attached hydrogens (tertiary/aromatic N) is 5. The predicted octanol–water partition coefficient (Wildman–Crippen LogP) is 4.56. The van der Waals surface area contributed by atoms with Crippen molar-refractivity contribution in [2.75, 3.05) is 0 Å². The van der Waals surface area contributed by atoms with Gasteiger partial charge in [-0.2, -0.15) is 0 Å². The van der Waals surface area contributed by atoms with E-state index in [0.29, 0.717) is 12.3 Å². The Balaban J connectivity index is 1.49. The molecule has 0 fully saturated rings. The van der Waals surface area contributed by atoms with E-state index in [0.717, 1.165) is 33.2 Å². The van der Waals surface area contributed by atoms with Crippen molar-refractivity contribution in [2.45, 2.75) is 17.5 Å².